The Hall–Kier alpha value is -0.0800. The van der Waals surface area contributed by atoms with Gasteiger partial charge >= 0.3 is 0 Å². The van der Waals surface area contributed by atoms with Gasteiger partial charge in [0.05, 0.1) is 11.7 Å². The molecule has 1 aliphatic heterocycles. The van der Waals surface area contributed by atoms with Crippen LogP contribution in [0.25, 0.3) is 0 Å². The second-order valence-corrected chi connectivity index (χ2v) is 7.48. The predicted octanol–water partition coefficient (Wildman–Crippen LogP) is 4.67. The zero-order chi connectivity index (χ0) is 14.4. The van der Waals surface area contributed by atoms with Crippen LogP contribution in [-0.2, 0) is 4.74 Å². The largest absolute Gasteiger partial charge is 0.372 e. The van der Waals surface area contributed by atoms with Gasteiger partial charge in [-0.3, -0.25) is 0 Å². The molecular formula is C18H35NO. The van der Waals surface area contributed by atoms with Crippen LogP contribution in [-0.4, -0.2) is 24.3 Å². The number of hydrogen-bond acceptors (Lipinski definition) is 2. The van der Waals surface area contributed by atoms with Crippen molar-refractivity contribution in [2.24, 2.45) is 5.92 Å². The molecule has 20 heavy (non-hydrogen) atoms. The molecule has 2 aliphatic rings. The molecular weight excluding hydrogens is 246 g/mol. The minimum atomic E-state index is 0.300. The van der Waals surface area contributed by atoms with E-state index < -0.39 is 0 Å². The van der Waals surface area contributed by atoms with Crippen LogP contribution in [0.3, 0.4) is 0 Å². The molecule has 2 unspecified atom stereocenters. The predicted molar refractivity (Wildman–Crippen MR) is 86.1 cm³/mol. The Morgan fingerprint density at radius 2 is 1.90 bits per heavy atom. The summed E-state index contributed by atoms with van der Waals surface area (Å²) in [4.78, 5) is 0. The second kappa shape index (κ2) is 7.79. The van der Waals surface area contributed by atoms with Crippen molar-refractivity contribution in [1.82, 2.24) is 5.32 Å². The summed E-state index contributed by atoms with van der Waals surface area (Å²) in [6.07, 6.45) is 13.9. The van der Waals surface area contributed by atoms with Crippen molar-refractivity contribution in [3.63, 3.8) is 0 Å². The topological polar surface area (TPSA) is 21.3 Å². The molecule has 0 radical (unpaired) electrons. The Morgan fingerprint density at radius 1 is 1.15 bits per heavy atom. The summed E-state index contributed by atoms with van der Waals surface area (Å²) in [5, 5.41) is 3.65. The average Bonchev–Trinajstić information content (AvgIpc) is 2.80. The first-order valence-corrected chi connectivity index (χ1v) is 9.05. The Bertz CT molecular complexity index is 271. The van der Waals surface area contributed by atoms with Gasteiger partial charge < -0.3 is 10.1 Å². The van der Waals surface area contributed by atoms with E-state index in [1.807, 2.05) is 0 Å². The normalized spacial score (nSPS) is 27.3. The molecule has 1 aliphatic carbocycles. The minimum Gasteiger partial charge on any atom is -0.372 e. The van der Waals surface area contributed by atoms with Crippen molar-refractivity contribution < 1.29 is 4.74 Å². The van der Waals surface area contributed by atoms with Crippen molar-refractivity contribution in [3.05, 3.63) is 0 Å². The highest BCUT2D eigenvalue weighted by Crippen LogP contribution is 2.42. The minimum absolute atomic E-state index is 0.300. The van der Waals surface area contributed by atoms with Gasteiger partial charge in [0.2, 0.25) is 0 Å². The zero-order valence-electron chi connectivity index (χ0n) is 13.9. The first-order valence-electron chi connectivity index (χ1n) is 9.05. The van der Waals surface area contributed by atoms with Crippen LogP contribution in [0.15, 0.2) is 0 Å². The van der Waals surface area contributed by atoms with Crippen LogP contribution in [0.2, 0.25) is 0 Å². The third-order valence-corrected chi connectivity index (χ3v) is 5.19. The fourth-order valence-electron chi connectivity index (χ4n) is 4.21. The zero-order valence-corrected chi connectivity index (χ0v) is 13.9. The molecule has 2 fully saturated rings. The van der Waals surface area contributed by atoms with Crippen LogP contribution >= 0.6 is 0 Å². The van der Waals surface area contributed by atoms with Gasteiger partial charge in [-0.1, -0.05) is 40.0 Å². The van der Waals surface area contributed by atoms with Gasteiger partial charge in [-0.25, -0.2) is 0 Å². The van der Waals surface area contributed by atoms with Crippen molar-refractivity contribution in [2.75, 3.05) is 6.54 Å². The number of rotatable bonds is 7. The first kappa shape index (κ1) is 16.3. The highest BCUT2D eigenvalue weighted by molar-refractivity contribution is 4.91. The standard InChI is InChI=1S/C18H35NO/c1-4-19-16(14-15(2)3)8-9-17-10-13-18(20-17)11-6-5-7-12-18/h15-17,19H,4-14H2,1-3H3. The summed E-state index contributed by atoms with van der Waals surface area (Å²) in [5.74, 6) is 0.785. The highest BCUT2D eigenvalue weighted by atomic mass is 16.5. The third-order valence-electron chi connectivity index (χ3n) is 5.19. The van der Waals surface area contributed by atoms with Gasteiger partial charge in [0.1, 0.15) is 0 Å². The van der Waals surface area contributed by atoms with Gasteiger partial charge in [-0.15, -0.1) is 0 Å². The lowest BCUT2D eigenvalue weighted by Gasteiger charge is -2.33. The SMILES string of the molecule is CCNC(CCC1CCC2(CCCCC2)O1)CC(C)C. The second-order valence-electron chi connectivity index (χ2n) is 7.48. The Labute approximate surface area is 126 Å². The van der Waals surface area contributed by atoms with E-state index in [9.17, 15) is 0 Å². The molecule has 2 rings (SSSR count). The summed E-state index contributed by atoms with van der Waals surface area (Å²) >= 11 is 0. The average molecular weight is 281 g/mol. The van der Waals surface area contributed by atoms with E-state index in [4.69, 9.17) is 4.74 Å². The maximum Gasteiger partial charge on any atom is 0.0687 e. The van der Waals surface area contributed by atoms with E-state index in [0.29, 0.717) is 17.7 Å². The summed E-state index contributed by atoms with van der Waals surface area (Å²) < 4.78 is 6.50. The van der Waals surface area contributed by atoms with Crippen LogP contribution in [0.5, 0.6) is 0 Å². The summed E-state index contributed by atoms with van der Waals surface area (Å²) in [7, 11) is 0. The van der Waals surface area contributed by atoms with E-state index in [-0.39, 0.29) is 0 Å². The molecule has 1 saturated carbocycles. The molecule has 2 nitrogen and oxygen atoms in total. The smallest absolute Gasteiger partial charge is 0.0687 e. The molecule has 1 saturated heterocycles. The van der Waals surface area contributed by atoms with E-state index in [2.05, 4.69) is 26.1 Å². The van der Waals surface area contributed by atoms with Crippen molar-refractivity contribution in [2.45, 2.75) is 103 Å². The summed E-state index contributed by atoms with van der Waals surface area (Å²) in [6.45, 7) is 7.96. The van der Waals surface area contributed by atoms with Crippen LogP contribution in [0.1, 0.15) is 85.0 Å². The van der Waals surface area contributed by atoms with E-state index in [1.54, 1.807) is 0 Å². The van der Waals surface area contributed by atoms with Crippen LogP contribution < -0.4 is 5.32 Å². The number of nitrogens with one attached hydrogen (secondary N) is 1. The van der Waals surface area contributed by atoms with Crippen LogP contribution in [0, 0.1) is 5.92 Å². The van der Waals surface area contributed by atoms with Crippen molar-refractivity contribution in [3.8, 4) is 0 Å². The maximum absolute atomic E-state index is 6.50. The molecule has 118 valence electrons. The third kappa shape index (κ3) is 4.73. The van der Waals surface area contributed by atoms with Gasteiger partial charge in [-0.05, 0) is 57.4 Å². The van der Waals surface area contributed by atoms with Crippen LogP contribution in [0.4, 0.5) is 0 Å². The fourth-order valence-corrected chi connectivity index (χ4v) is 4.21. The highest BCUT2D eigenvalue weighted by Gasteiger charge is 2.40. The molecule has 1 N–H and O–H groups in total. The molecule has 0 aromatic heterocycles. The molecule has 1 heterocycles. The number of ether oxygens (including phenoxy) is 1. The monoisotopic (exact) mass is 281 g/mol. The lowest BCUT2D eigenvalue weighted by molar-refractivity contribution is -0.0666. The van der Waals surface area contributed by atoms with E-state index in [0.717, 1.165) is 12.5 Å². The quantitative estimate of drug-likeness (QED) is 0.732. The molecule has 2 heteroatoms. The summed E-state index contributed by atoms with van der Waals surface area (Å²) in [5.41, 5.74) is 0.300. The fraction of sp³-hybridized carbons (Fsp3) is 1.00. The molecule has 2 atom stereocenters. The van der Waals surface area contributed by atoms with Gasteiger partial charge in [0.15, 0.2) is 0 Å². The molecule has 1 spiro atoms. The molecule has 0 aromatic carbocycles. The molecule has 0 bridgehead atoms. The summed E-state index contributed by atoms with van der Waals surface area (Å²) in [6, 6.07) is 0.687. The van der Waals surface area contributed by atoms with E-state index >= 15 is 0 Å². The van der Waals surface area contributed by atoms with Crippen molar-refractivity contribution in [1.29, 1.82) is 0 Å². The lowest BCUT2D eigenvalue weighted by atomic mass is 9.83. The Balaban J connectivity index is 1.73. The number of hydrogen-bond donors (Lipinski definition) is 1. The van der Waals surface area contributed by atoms with Gasteiger partial charge in [0.25, 0.3) is 0 Å². The van der Waals surface area contributed by atoms with E-state index in [1.165, 1.54) is 64.2 Å². The molecule has 0 aromatic rings. The first-order chi connectivity index (χ1) is 9.63. The Morgan fingerprint density at radius 3 is 2.55 bits per heavy atom. The van der Waals surface area contributed by atoms with Gasteiger partial charge in [0, 0.05) is 6.04 Å². The Kier molecular flexibility index (Phi) is 6.35. The maximum atomic E-state index is 6.50. The molecule has 0 amide bonds. The van der Waals surface area contributed by atoms with Crippen molar-refractivity contribution >= 4 is 0 Å². The lowest BCUT2D eigenvalue weighted by Crippen LogP contribution is -2.33. The van der Waals surface area contributed by atoms with Gasteiger partial charge in [-0.2, -0.15) is 0 Å².